The molecule has 0 saturated heterocycles. The van der Waals surface area contributed by atoms with Gasteiger partial charge in [0.25, 0.3) is 0 Å². The molecule has 0 aliphatic rings. The number of hydrogen-bond acceptors (Lipinski definition) is 1. The average molecular weight is 94.9 g/mol. The quantitative estimate of drug-likeness (QED) is 0.333. The molecule has 2 heteroatoms. The normalized spacial score (nSPS) is 1.50. The molecule has 4 heavy (non-hydrogen) atoms. The Morgan fingerprint density at radius 3 is 1.25 bits per heavy atom. The Kier molecular flexibility index (Phi) is 325. The maximum Gasteiger partial charge on any atom is 0.0319 e. The summed E-state index contributed by atoms with van der Waals surface area (Å²) in [6, 6.07) is 0. The van der Waals surface area contributed by atoms with Gasteiger partial charge in [0.05, 0.1) is 0 Å². The van der Waals surface area contributed by atoms with Gasteiger partial charge in [-0.05, 0) is 0 Å². The van der Waals surface area contributed by atoms with Gasteiger partial charge in [-0.3, -0.25) is 0 Å². The Morgan fingerprint density at radius 2 is 1.25 bits per heavy atom. The first kappa shape index (κ1) is 22.5. The van der Waals surface area contributed by atoms with E-state index in [2.05, 4.69) is 0 Å². The van der Waals surface area contributed by atoms with Crippen molar-refractivity contribution in [1.82, 2.24) is 0 Å². The van der Waals surface area contributed by atoms with E-state index in [1.807, 2.05) is 0 Å². The largest absolute Gasteiger partial charge is 0.400 e. The molecular weight excluding hydrogens is 87.9 g/mol. The number of aliphatic hydroxyl groups is 1. The molecule has 0 radical (unpaired) electrons. The van der Waals surface area contributed by atoms with E-state index in [-0.39, 0.29) is 29.1 Å². The molecule has 0 aromatic heterocycles. The van der Waals surface area contributed by atoms with Gasteiger partial charge in [0.2, 0.25) is 0 Å². The third-order valence-corrected chi connectivity index (χ3v) is 0. The molecular formula is C2H7OTi-. The van der Waals surface area contributed by atoms with Crippen molar-refractivity contribution in [1.29, 1.82) is 0 Å². The second kappa shape index (κ2) is 57.8. The van der Waals surface area contributed by atoms with Crippen LogP contribution in [0, 0.1) is 7.43 Å². The van der Waals surface area contributed by atoms with E-state index in [1.165, 1.54) is 0 Å². The minimum atomic E-state index is 0. The van der Waals surface area contributed by atoms with Gasteiger partial charge in [-0.1, -0.05) is 0 Å². The van der Waals surface area contributed by atoms with E-state index < -0.39 is 0 Å². The Hall–Kier alpha value is 0.674. The molecule has 0 aliphatic carbocycles. The molecule has 0 rings (SSSR count). The predicted molar refractivity (Wildman–Crippen MR) is 14.6 cm³/mol. The van der Waals surface area contributed by atoms with Gasteiger partial charge >= 0.3 is 0 Å². The van der Waals surface area contributed by atoms with Crippen molar-refractivity contribution in [2.75, 3.05) is 7.11 Å². The summed E-state index contributed by atoms with van der Waals surface area (Å²) in [5.41, 5.74) is 0. The van der Waals surface area contributed by atoms with Gasteiger partial charge in [-0.25, -0.2) is 0 Å². The van der Waals surface area contributed by atoms with Crippen molar-refractivity contribution in [2.24, 2.45) is 0 Å². The third kappa shape index (κ3) is 16.5. The zero-order valence-corrected chi connectivity index (χ0v) is 4.51. The van der Waals surface area contributed by atoms with Crippen LogP contribution in [0.15, 0.2) is 0 Å². The van der Waals surface area contributed by atoms with Crippen LogP contribution in [0.2, 0.25) is 0 Å². The first-order chi connectivity index (χ1) is 1.00. The van der Waals surface area contributed by atoms with E-state index in [0.717, 1.165) is 7.11 Å². The molecule has 0 spiro atoms. The minimum absolute atomic E-state index is 0. The van der Waals surface area contributed by atoms with E-state index in [9.17, 15) is 0 Å². The summed E-state index contributed by atoms with van der Waals surface area (Å²) in [5.74, 6) is 0. The molecule has 0 aromatic carbocycles. The molecule has 0 bridgehead atoms. The second-order valence-corrected chi connectivity index (χ2v) is 0. The summed E-state index contributed by atoms with van der Waals surface area (Å²) < 4.78 is 0. The van der Waals surface area contributed by atoms with Crippen molar-refractivity contribution in [2.45, 2.75) is 0 Å². The summed E-state index contributed by atoms with van der Waals surface area (Å²) in [6.07, 6.45) is 0. The molecule has 1 nitrogen and oxygen atoms in total. The number of aliphatic hydroxyl groups excluding tert-OH is 1. The molecule has 0 unspecified atom stereocenters. The molecule has 0 heterocycles. The van der Waals surface area contributed by atoms with Crippen LogP contribution in [0.5, 0.6) is 0 Å². The number of hydrogen-bond donors (Lipinski definition) is 1. The van der Waals surface area contributed by atoms with Gasteiger partial charge < -0.3 is 12.5 Å². The maximum atomic E-state index is 7.00. The van der Waals surface area contributed by atoms with Crippen LogP contribution >= 0.6 is 0 Å². The van der Waals surface area contributed by atoms with Gasteiger partial charge in [-0.2, -0.15) is 0 Å². The monoisotopic (exact) mass is 95.0 g/mol. The predicted octanol–water partition coefficient (Wildman–Crippen LogP) is 0.0563. The minimum Gasteiger partial charge on any atom is -0.400 e. The van der Waals surface area contributed by atoms with Crippen molar-refractivity contribution < 1.29 is 26.8 Å². The summed E-state index contributed by atoms with van der Waals surface area (Å²) >= 11 is 0. The van der Waals surface area contributed by atoms with Crippen LogP contribution in [0.1, 0.15) is 0 Å². The van der Waals surface area contributed by atoms with Gasteiger partial charge in [-0.15, -0.1) is 0 Å². The maximum absolute atomic E-state index is 7.00. The van der Waals surface area contributed by atoms with E-state index >= 15 is 0 Å². The second-order valence-electron chi connectivity index (χ2n) is 0. The molecule has 0 amide bonds. The van der Waals surface area contributed by atoms with Crippen molar-refractivity contribution >= 4 is 0 Å². The molecule has 0 aromatic rings. The van der Waals surface area contributed by atoms with Gasteiger partial charge in [0.1, 0.15) is 0 Å². The molecule has 1 N–H and O–H groups in total. The Balaban J connectivity index is -0.00000000500. The van der Waals surface area contributed by atoms with Crippen LogP contribution in [-0.4, -0.2) is 12.2 Å². The van der Waals surface area contributed by atoms with Crippen LogP contribution in [0.25, 0.3) is 0 Å². The van der Waals surface area contributed by atoms with Crippen LogP contribution in [-0.2, 0) is 21.7 Å². The first-order valence-electron chi connectivity index (χ1n) is 0.447. The zero-order chi connectivity index (χ0) is 2.00. The fraction of sp³-hybridized carbons (Fsp3) is 0.500. The van der Waals surface area contributed by atoms with E-state index in [0.29, 0.717) is 0 Å². The van der Waals surface area contributed by atoms with Gasteiger partial charge in [0, 0.05) is 28.8 Å². The molecule has 0 saturated carbocycles. The fourth-order valence-electron chi connectivity index (χ4n) is 0. The van der Waals surface area contributed by atoms with Crippen LogP contribution < -0.4 is 0 Å². The van der Waals surface area contributed by atoms with Crippen LogP contribution in [0.4, 0.5) is 0 Å². The molecule has 0 atom stereocenters. The molecule has 26 valence electrons. The average Bonchev–Trinajstić information content (AvgIpc) is 1.00. The summed E-state index contributed by atoms with van der Waals surface area (Å²) in [5, 5.41) is 7.00. The SMILES string of the molecule is CO.[CH3-].[Ti]. The Bertz CT molecular complexity index is 6.00. The first-order valence-corrected chi connectivity index (χ1v) is 0.447. The van der Waals surface area contributed by atoms with E-state index in [4.69, 9.17) is 5.11 Å². The van der Waals surface area contributed by atoms with E-state index in [1.54, 1.807) is 0 Å². The van der Waals surface area contributed by atoms with Crippen molar-refractivity contribution in [3.05, 3.63) is 7.43 Å². The summed E-state index contributed by atoms with van der Waals surface area (Å²) in [7, 11) is 1.00. The smallest absolute Gasteiger partial charge is 0.0319 e. The van der Waals surface area contributed by atoms with Crippen molar-refractivity contribution in [3.63, 3.8) is 0 Å². The van der Waals surface area contributed by atoms with Crippen LogP contribution in [0.3, 0.4) is 0 Å². The Labute approximate surface area is 41.9 Å². The molecule has 0 fully saturated rings. The summed E-state index contributed by atoms with van der Waals surface area (Å²) in [6.45, 7) is 0. The standard InChI is InChI=1S/CH4O.CH3.Ti/c1-2;;/h2H,1H3;1H3;/q;-1;. The zero-order valence-electron chi connectivity index (χ0n) is 2.95. The van der Waals surface area contributed by atoms with Crippen molar-refractivity contribution in [3.8, 4) is 0 Å². The summed E-state index contributed by atoms with van der Waals surface area (Å²) in [4.78, 5) is 0. The topological polar surface area (TPSA) is 20.2 Å². The third-order valence-electron chi connectivity index (χ3n) is 0. The molecule has 0 aliphatic heterocycles. The van der Waals surface area contributed by atoms with Gasteiger partial charge in [0.15, 0.2) is 0 Å². The fourth-order valence-corrected chi connectivity index (χ4v) is 0. The number of rotatable bonds is 0. The Morgan fingerprint density at radius 1 is 1.25 bits per heavy atom.